The number of nitrogens with zero attached hydrogens (tertiary/aromatic N) is 1. The normalized spacial score (nSPS) is 26.4. The second-order valence-electron chi connectivity index (χ2n) is 4.86. The van der Waals surface area contributed by atoms with Crippen LogP contribution < -0.4 is 0 Å². The molecule has 6 nitrogen and oxygen atoms in total. The Labute approximate surface area is 107 Å². The number of carboxylic acids is 1. The highest BCUT2D eigenvalue weighted by molar-refractivity contribution is 5.71. The smallest absolute Gasteiger partial charge is 0.308 e. The summed E-state index contributed by atoms with van der Waals surface area (Å²) in [5.74, 6) is -0.952. The first kappa shape index (κ1) is 15.4. The molecule has 1 aliphatic heterocycles. The summed E-state index contributed by atoms with van der Waals surface area (Å²) in [6.07, 6.45) is -0.582. The summed E-state index contributed by atoms with van der Waals surface area (Å²) >= 11 is 0. The third kappa shape index (κ3) is 4.89. The maximum absolute atomic E-state index is 11.0. The summed E-state index contributed by atoms with van der Waals surface area (Å²) in [6.45, 7) is 4.83. The van der Waals surface area contributed by atoms with Gasteiger partial charge in [-0.25, -0.2) is 0 Å². The number of aliphatic hydroxyl groups excluding tert-OH is 1. The Kier molecular flexibility index (Phi) is 6.56. The molecule has 1 aliphatic rings. The van der Waals surface area contributed by atoms with Gasteiger partial charge in [-0.15, -0.1) is 0 Å². The van der Waals surface area contributed by atoms with Crippen LogP contribution >= 0.6 is 0 Å². The van der Waals surface area contributed by atoms with Crippen LogP contribution in [0.4, 0.5) is 0 Å². The third-order valence-electron chi connectivity index (χ3n) is 3.22. The fraction of sp³-hybridized carbons (Fsp3) is 0.917. The van der Waals surface area contributed by atoms with Gasteiger partial charge in [0.2, 0.25) is 0 Å². The third-order valence-corrected chi connectivity index (χ3v) is 3.22. The summed E-state index contributed by atoms with van der Waals surface area (Å²) in [5, 5.41) is 18.8. The predicted octanol–water partition coefficient (Wildman–Crippen LogP) is -0.337. The average Bonchev–Trinajstić information content (AvgIpc) is 2.66. The van der Waals surface area contributed by atoms with E-state index in [1.165, 1.54) is 0 Å². The lowest BCUT2D eigenvalue weighted by molar-refractivity contribution is -0.142. The van der Waals surface area contributed by atoms with E-state index in [0.29, 0.717) is 32.8 Å². The van der Waals surface area contributed by atoms with Crippen LogP contribution in [0.25, 0.3) is 0 Å². The molecule has 1 saturated heterocycles. The highest BCUT2D eigenvalue weighted by atomic mass is 16.5. The first-order valence-electron chi connectivity index (χ1n) is 6.24. The highest BCUT2D eigenvalue weighted by Crippen LogP contribution is 2.23. The molecule has 0 aliphatic carbocycles. The topological polar surface area (TPSA) is 79.2 Å². The molecule has 106 valence electrons. The number of ether oxygens (including phenoxy) is 2. The molecule has 2 N–H and O–H groups in total. The van der Waals surface area contributed by atoms with E-state index < -0.39 is 12.1 Å². The molecule has 1 heterocycles. The summed E-state index contributed by atoms with van der Waals surface area (Å²) in [5.41, 5.74) is 0. The number of carbonyl (C=O) groups is 1. The minimum absolute atomic E-state index is 0.129. The largest absolute Gasteiger partial charge is 0.481 e. The Bertz CT molecular complexity index is 261. The van der Waals surface area contributed by atoms with Crippen LogP contribution in [-0.2, 0) is 14.3 Å². The second-order valence-corrected chi connectivity index (χ2v) is 4.86. The number of carboxylic acid groups (broad SMARTS) is 1. The number of hydrogen-bond acceptors (Lipinski definition) is 5. The fourth-order valence-corrected chi connectivity index (χ4v) is 2.25. The van der Waals surface area contributed by atoms with Crippen molar-refractivity contribution in [3.05, 3.63) is 0 Å². The highest BCUT2D eigenvalue weighted by Gasteiger charge is 2.35. The SMILES string of the molecule is COCCOCC(O)CN1C[C@@H](C)[C@H](C(=O)O)C1. The lowest BCUT2D eigenvalue weighted by Gasteiger charge is -2.19. The van der Waals surface area contributed by atoms with Crippen LogP contribution in [0, 0.1) is 11.8 Å². The minimum Gasteiger partial charge on any atom is -0.481 e. The number of aliphatic carboxylic acids is 1. The first-order chi connectivity index (χ1) is 8.54. The Hall–Kier alpha value is -0.690. The van der Waals surface area contributed by atoms with Gasteiger partial charge in [0.1, 0.15) is 0 Å². The van der Waals surface area contributed by atoms with Gasteiger partial charge in [0, 0.05) is 26.7 Å². The van der Waals surface area contributed by atoms with E-state index in [1.54, 1.807) is 7.11 Å². The van der Waals surface area contributed by atoms with E-state index >= 15 is 0 Å². The van der Waals surface area contributed by atoms with E-state index in [2.05, 4.69) is 0 Å². The van der Waals surface area contributed by atoms with E-state index in [4.69, 9.17) is 14.6 Å². The van der Waals surface area contributed by atoms with Crippen molar-refractivity contribution < 1.29 is 24.5 Å². The lowest BCUT2D eigenvalue weighted by atomic mass is 9.99. The van der Waals surface area contributed by atoms with Crippen molar-refractivity contribution in [2.45, 2.75) is 13.0 Å². The average molecular weight is 261 g/mol. The molecule has 0 bridgehead atoms. The summed E-state index contributed by atoms with van der Waals surface area (Å²) in [4.78, 5) is 12.9. The molecule has 0 aromatic rings. The van der Waals surface area contributed by atoms with E-state index in [9.17, 15) is 9.90 Å². The van der Waals surface area contributed by atoms with E-state index in [-0.39, 0.29) is 18.4 Å². The van der Waals surface area contributed by atoms with Crippen LogP contribution in [0.3, 0.4) is 0 Å². The zero-order valence-corrected chi connectivity index (χ0v) is 11.0. The van der Waals surface area contributed by atoms with Gasteiger partial charge in [-0.05, 0) is 5.92 Å². The molecule has 1 fully saturated rings. The van der Waals surface area contributed by atoms with E-state index in [0.717, 1.165) is 0 Å². The van der Waals surface area contributed by atoms with Gasteiger partial charge in [-0.2, -0.15) is 0 Å². The molecule has 0 spiro atoms. The molecule has 0 saturated carbocycles. The van der Waals surface area contributed by atoms with Gasteiger partial charge in [0.15, 0.2) is 0 Å². The Balaban J connectivity index is 2.21. The maximum Gasteiger partial charge on any atom is 0.308 e. The van der Waals surface area contributed by atoms with Gasteiger partial charge < -0.3 is 19.7 Å². The molecule has 0 aromatic carbocycles. The zero-order chi connectivity index (χ0) is 13.5. The number of rotatable bonds is 8. The van der Waals surface area contributed by atoms with Crippen molar-refractivity contribution in [2.24, 2.45) is 11.8 Å². The number of hydrogen-bond donors (Lipinski definition) is 2. The van der Waals surface area contributed by atoms with Gasteiger partial charge in [-0.1, -0.05) is 6.92 Å². The fourth-order valence-electron chi connectivity index (χ4n) is 2.25. The van der Waals surface area contributed by atoms with Crippen LogP contribution in [0.2, 0.25) is 0 Å². The molecule has 3 atom stereocenters. The Morgan fingerprint density at radius 2 is 2.17 bits per heavy atom. The number of likely N-dealkylation sites (tertiary alicyclic amines) is 1. The van der Waals surface area contributed by atoms with Crippen molar-refractivity contribution in [1.82, 2.24) is 4.90 Å². The van der Waals surface area contributed by atoms with Crippen molar-refractivity contribution in [1.29, 1.82) is 0 Å². The Morgan fingerprint density at radius 1 is 1.44 bits per heavy atom. The summed E-state index contributed by atoms with van der Waals surface area (Å²) in [7, 11) is 1.59. The van der Waals surface area contributed by atoms with Crippen LogP contribution in [0.5, 0.6) is 0 Å². The lowest BCUT2D eigenvalue weighted by Crippen LogP contribution is -2.34. The number of aliphatic hydroxyl groups is 1. The summed E-state index contributed by atoms with van der Waals surface area (Å²) in [6, 6.07) is 0. The molecule has 0 radical (unpaired) electrons. The van der Waals surface area contributed by atoms with Crippen molar-refractivity contribution in [3.63, 3.8) is 0 Å². The molecule has 1 rings (SSSR count). The van der Waals surface area contributed by atoms with Gasteiger partial charge in [-0.3, -0.25) is 9.69 Å². The van der Waals surface area contributed by atoms with Gasteiger partial charge in [0.05, 0.1) is 31.8 Å². The first-order valence-corrected chi connectivity index (χ1v) is 6.24. The molecule has 6 heteroatoms. The van der Waals surface area contributed by atoms with Gasteiger partial charge >= 0.3 is 5.97 Å². The monoisotopic (exact) mass is 261 g/mol. The quantitative estimate of drug-likeness (QED) is 0.582. The molecule has 0 amide bonds. The Morgan fingerprint density at radius 3 is 2.72 bits per heavy atom. The predicted molar refractivity (Wildman–Crippen MR) is 65.4 cm³/mol. The molecule has 1 unspecified atom stereocenters. The standard InChI is InChI=1S/C12H23NO5/c1-9-5-13(7-11(9)12(15)16)6-10(14)8-18-4-3-17-2/h9-11,14H,3-8H2,1-2H3,(H,15,16)/t9-,10?,11-/m1/s1. The van der Waals surface area contributed by atoms with Gasteiger partial charge in [0.25, 0.3) is 0 Å². The van der Waals surface area contributed by atoms with Crippen molar-refractivity contribution >= 4 is 5.97 Å². The van der Waals surface area contributed by atoms with Crippen molar-refractivity contribution in [2.75, 3.05) is 46.6 Å². The zero-order valence-electron chi connectivity index (χ0n) is 11.0. The second kappa shape index (κ2) is 7.68. The maximum atomic E-state index is 11.0. The summed E-state index contributed by atoms with van der Waals surface area (Å²) < 4.78 is 10.1. The number of β-amino-alcohol motifs (C(OH)–C–C–N with tert-alkyl or cyclic N) is 1. The molecular weight excluding hydrogens is 238 g/mol. The van der Waals surface area contributed by atoms with Crippen LogP contribution in [0.15, 0.2) is 0 Å². The van der Waals surface area contributed by atoms with Crippen LogP contribution in [0.1, 0.15) is 6.92 Å². The van der Waals surface area contributed by atoms with Crippen molar-refractivity contribution in [3.8, 4) is 0 Å². The minimum atomic E-state index is -0.754. The number of methoxy groups -OCH3 is 1. The van der Waals surface area contributed by atoms with E-state index in [1.807, 2.05) is 11.8 Å². The molecule has 0 aromatic heterocycles. The van der Waals surface area contributed by atoms with Crippen LogP contribution in [-0.4, -0.2) is 73.8 Å². The molecule has 18 heavy (non-hydrogen) atoms. The molecular formula is C12H23NO5.